The van der Waals surface area contributed by atoms with E-state index in [9.17, 15) is 13.2 Å². The van der Waals surface area contributed by atoms with E-state index in [1.165, 1.54) is 6.08 Å². The normalized spacial score (nSPS) is 19.5. The third kappa shape index (κ3) is 3.05. The number of aliphatic carboxylic acids is 1. The van der Waals surface area contributed by atoms with Crippen molar-refractivity contribution in [3.63, 3.8) is 0 Å². The molecule has 0 saturated heterocycles. The third-order valence-corrected chi connectivity index (χ3v) is 4.24. The Bertz CT molecular complexity index is 368. The standard InChI is InChI=1S/C10H17NO4S/c1-2-7-16(14,15)11-8-10(9(12)13)5-3-4-6-10/h2,11H,1,3-8H2,(H,12,13). The lowest BCUT2D eigenvalue weighted by Gasteiger charge is -2.23. The fourth-order valence-electron chi connectivity index (χ4n) is 1.98. The van der Waals surface area contributed by atoms with E-state index in [-0.39, 0.29) is 12.3 Å². The number of rotatable bonds is 6. The Hall–Kier alpha value is -0.880. The molecule has 0 bridgehead atoms. The molecule has 0 aromatic carbocycles. The van der Waals surface area contributed by atoms with Crippen molar-refractivity contribution in [2.24, 2.45) is 5.41 Å². The molecule has 6 heteroatoms. The van der Waals surface area contributed by atoms with Gasteiger partial charge in [-0.05, 0) is 12.8 Å². The Morgan fingerprint density at radius 2 is 2.00 bits per heavy atom. The minimum atomic E-state index is -3.42. The highest BCUT2D eigenvalue weighted by atomic mass is 32.2. The Balaban J connectivity index is 2.65. The van der Waals surface area contributed by atoms with Gasteiger partial charge in [0.15, 0.2) is 0 Å². The second-order valence-electron chi connectivity index (χ2n) is 4.18. The Morgan fingerprint density at radius 3 is 2.44 bits per heavy atom. The Morgan fingerprint density at radius 1 is 1.44 bits per heavy atom. The van der Waals surface area contributed by atoms with E-state index in [4.69, 9.17) is 5.11 Å². The zero-order valence-electron chi connectivity index (χ0n) is 9.11. The molecule has 2 N–H and O–H groups in total. The van der Waals surface area contributed by atoms with Crippen LogP contribution in [0.3, 0.4) is 0 Å². The number of nitrogens with one attached hydrogen (secondary N) is 1. The molecule has 92 valence electrons. The number of hydrogen-bond donors (Lipinski definition) is 2. The van der Waals surface area contributed by atoms with Crippen molar-refractivity contribution in [2.75, 3.05) is 12.3 Å². The van der Waals surface area contributed by atoms with Gasteiger partial charge in [-0.3, -0.25) is 4.79 Å². The van der Waals surface area contributed by atoms with Crippen LogP contribution >= 0.6 is 0 Å². The van der Waals surface area contributed by atoms with E-state index in [1.54, 1.807) is 0 Å². The highest BCUT2D eigenvalue weighted by Crippen LogP contribution is 2.37. The summed E-state index contributed by atoms with van der Waals surface area (Å²) in [6.45, 7) is 3.33. The van der Waals surface area contributed by atoms with Crippen LogP contribution in [0.15, 0.2) is 12.7 Å². The Kier molecular flexibility index (Phi) is 4.09. The predicted molar refractivity (Wildman–Crippen MR) is 60.5 cm³/mol. The van der Waals surface area contributed by atoms with Gasteiger partial charge in [0.25, 0.3) is 0 Å². The van der Waals surface area contributed by atoms with Crippen molar-refractivity contribution in [1.29, 1.82) is 0 Å². The van der Waals surface area contributed by atoms with Crippen LogP contribution in [0.5, 0.6) is 0 Å². The molecule has 16 heavy (non-hydrogen) atoms. The summed E-state index contributed by atoms with van der Waals surface area (Å²) in [6, 6.07) is 0. The minimum absolute atomic E-state index is 0.0154. The van der Waals surface area contributed by atoms with Crippen LogP contribution in [-0.4, -0.2) is 31.8 Å². The first-order valence-electron chi connectivity index (χ1n) is 5.23. The zero-order valence-corrected chi connectivity index (χ0v) is 9.92. The van der Waals surface area contributed by atoms with Gasteiger partial charge in [-0.1, -0.05) is 18.9 Å². The molecular weight excluding hydrogens is 230 g/mol. The minimum Gasteiger partial charge on any atom is -0.481 e. The first-order chi connectivity index (χ1) is 7.42. The summed E-state index contributed by atoms with van der Waals surface area (Å²) in [5.41, 5.74) is -0.908. The lowest BCUT2D eigenvalue weighted by molar-refractivity contribution is -0.148. The van der Waals surface area contributed by atoms with E-state index in [2.05, 4.69) is 11.3 Å². The van der Waals surface area contributed by atoms with Crippen LogP contribution in [0, 0.1) is 5.41 Å². The van der Waals surface area contributed by atoms with Gasteiger partial charge in [0.1, 0.15) is 0 Å². The van der Waals surface area contributed by atoms with Crippen LogP contribution in [0.2, 0.25) is 0 Å². The first kappa shape index (κ1) is 13.2. The molecule has 0 atom stereocenters. The van der Waals surface area contributed by atoms with Crippen LogP contribution < -0.4 is 4.72 Å². The summed E-state index contributed by atoms with van der Waals surface area (Å²) >= 11 is 0. The van der Waals surface area contributed by atoms with Crippen LogP contribution in [0.4, 0.5) is 0 Å². The van der Waals surface area contributed by atoms with E-state index in [1.807, 2.05) is 0 Å². The first-order valence-corrected chi connectivity index (χ1v) is 6.89. The molecule has 0 radical (unpaired) electrons. The number of hydrogen-bond acceptors (Lipinski definition) is 3. The fraction of sp³-hybridized carbons (Fsp3) is 0.700. The van der Waals surface area contributed by atoms with Gasteiger partial charge in [-0.15, -0.1) is 6.58 Å². The lowest BCUT2D eigenvalue weighted by atomic mass is 9.87. The average molecular weight is 247 g/mol. The molecule has 0 aromatic rings. The number of sulfonamides is 1. The van der Waals surface area contributed by atoms with Crippen LogP contribution in [-0.2, 0) is 14.8 Å². The predicted octanol–water partition coefficient (Wildman–Crippen LogP) is 0.737. The largest absolute Gasteiger partial charge is 0.481 e. The fourth-order valence-corrected chi connectivity index (χ4v) is 2.90. The van der Waals surface area contributed by atoms with Gasteiger partial charge in [-0.2, -0.15) is 0 Å². The molecule has 1 saturated carbocycles. The van der Waals surface area contributed by atoms with E-state index in [0.29, 0.717) is 12.8 Å². The maximum atomic E-state index is 11.4. The van der Waals surface area contributed by atoms with Crippen molar-refractivity contribution in [2.45, 2.75) is 25.7 Å². The van der Waals surface area contributed by atoms with Gasteiger partial charge >= 0.3 is 5.97 Å². The van der Waals surface area contributed by atoms with E-state index in [0.717, 1.165) is 12.8 Å². The monoisotopic (exact) mass is 247 g/mol. The number of carboxylic acid groups (broad SMARTS) is 1. The van der Waals surface area contributed by atoms with Crippen molar-refractivity contribution in [3.05, 3.63) is 12.7 Å². The van der Waals surface area contributed by atoms with E-state index >= 15 is 0 Å². The maximum absolute atomic E-state index is 11.4. The molecule has 5 nitrogen and oxygen atoms in total. The molecular formula is C10H17NO4S. The number of carbonyl (C=O) groups is 1. The lowest BCUT2D eigenvalue weighted by Crippen LogP contribution is -2.41. The molecule has 1 rings (SSSR count). The molecule has 1 aliphatic rings. The molecule has 0 amide bonds. The number of carboxylic acids is 1. The topological polar surface area (TPSA) is 83.5 Å². The Labute approximate surface area is 95.6 Å². The summed E-state index contributed by atoms with van der Waals surface area (Å²) in [7, 11) is -3.42. The molecule has 0 aromatic heterocycles. The van der Waals surface area contributed by atoms with Crippen molar-refractivity contribution < 1.29 is 18.3 Å². The maximum Gasteiger partial charge on any atom is 0.310 e. The van der Waals surface area contributed by atoms with Crippen molar-refractivity contribution in [3.8, 4) is 0 Å². The van der Waals surface area contributed by atoms with Gasteiger partial charge in [0.05, 0.1) is 11.2 Å². The smallest absolute Gasteiger partial charge is 0.310 e. The summed E-state index contributed by atoms with van der Waals surface area (Å²) in [4.78, 5) is 11.1. The molecule has 0 spiro atoms. The van der Waals surface area contributed by atoms with Crippen LogP contribution in [0.25, 0.3) is 0 Å². The van der Waals surface area contributed by atoms with Crippen molar-refractivity contribution in [1.82, 2.24) is 4.72 Å². The van der Waals surface area contributed by atoms with Gasteiger partial charge in [0.2, 0.25) is 10.0 Å². The van der Waals surface area contributed by atoms with Crippen LogP contribution in [0.1, 0.15) is 25.7 Å². The zero-order chi connectivity index (χ0) is 12.2. The summed E-state index contributed by atoms with van der Waals surface area (Å²) in [5, 5.41) is 9.14. The van der Waals surface area contributed by atoms with Gasteiger partial charge in [-0.25, -0.2) is 13.1 Å². The highest BCUT2D eigenvalue weighted by molar-refractivity contribution is 7.89. The summed E-state index contributed by atoms with van der Waals surface area (Å²) in [6.07, 6.45) is 4.05. The second-order valence-corrected chi connectivity index (χ2v) is 6.04. The van der Waals surface area contributed by atoms with Gasteiger partial charge in [0, 0.05) is 6.54 Å². The van der Waals surface area contributed by atoms with Gasteiger partial charge < -0.3 is 5.11 Å². The third-order valence-electron chi connectivity index (χ3n) is 2.98. The summed E-state index contributed by atoms with van der Waals surface area (Å²) < 4.78 is 25.1. The second kappa shape index (κ2) is 4.97. The van der Waals surface area contributed by atoms with Crippen molar-refractivity contribution >= 4 is 16.0 Å². The molecule has 0 heterocycles. The SMILES string of the molecule is C=CCS(=O)(=O)NCC1(C(=O)O)CCCC1. The highest BCUT2D eigenvalue weighted by Gasteiger charge is 2.41. The summed E-state index contributed by atoms with van der Waals surface area (Å²) in [5.74, 6) is -1.09. The average Bonchev–Trinajstić information content (AvgIpc) is 2.64. The quantitative estimate of drug-likeness (QED) is 0.678. The molecule has 1 fully saturated rings. The van der Waals surface area contributed by atoms with E-state index < -0.39 is 21.4 Å². The molecule has 0 aliphatic heterocycles. The molecule has 0 unspecified atom stereocenters. The molecule has 1 aliphatic carbocycles.